The van der Waals surface area contributed by atoms with Crippen molar-refractivity contribution in [3.8, 4) is 0 Å². The average Bonchev–Trinajstić information content (AvgIpc) is 3.38. The number of carboxylic acids is 1. The number of carboxylic acid groups (broad SMARTS) is 1. The zero-order valence-corrected chi connectivity index (χ0v) is 24.3. The predicted molar refractivity (Wildman–Crippen MR) is 154 cm³/mol. The van der Waals surface area contributed by atoms with Gasteiger partial charge in [-0.1, -0.05) is 50.3 Å². The molecule has 0 heterocycles. The third-order valence-corrected chi connectivity index (χ3v) is 9.12. The molecule has 0 spiro atoms. The van der Waals surface area contributed by atoms with Crippen molar-refractivity contribution in [2.75, 3.05) is 18.4 Å². The van der Waals surface area contributed by atoms with E-state index in [1.807, 2.05) is 0 Å². The molecule has 11 nitrogen and oxygen atoms in total. The molecule has 0 unspecified atom stereocenters. The number of rotatable bonds is 18. The Morgan fingerprint density at radius 2 is 1.63 bits per heavy atom. The second-order valence-electron chi connectivity index (χ2n) is 11.0. The molecule has 3 amide bonds. The Hall–Kier alpha value is -3.25. The van der Waals surface area contributed by atoms with Crippen LogP contribution < -0.4 is 20.7 Å². The van der Waals surface area contributed by atoms with E-state index in [-0.39, 0.29) is 42.3 Å². The van der Waals surface area contributed by atoms with Gasteiger partial charge < -0.3 is 21.1 Å². The van der Waals surface area contributed by atoms with E-state index in [4.69, 9.17) is 5.11 Å². The Balaban J connectivity index is 1.54. The summed E-state index contributed by atoms with van der Waals surface area (Å²) in [4.78, 5) is 48.7. The topological polar surface area (TPSA) is 171 Å². The maximum absolute atomic E-state index is 13.3. The number of amides is 3. The fourth-order valence-electron chi connectivity index (χ4n) is 5.31. The van der Waals surface area contributed by atoms with Gasteiger partial charge in [0.2, 0.25) is 11.8 Å². The summed E-state index contributed by atoms with van der Waals surface area (Å²) in [5.41, 5.74) is -1.35. The molecule has 12 heteroatoms. The molecule has 0 saturated heterocycles. The Kier molecular flexibility index (Phi) is 11.9. The van der Waals surface area contributed by atoms with Gasteiger partial charge in [0.05, 0.1) is 12.2 Å². The highest BCUT2D eigenvalue weighted by Crippen LogP contribution is 2.45. The number of hydrogen-bond donors (Lipinski definition) is 5. The van der Waals surface area contributed by atoms with Crippen molar-refractivity contribution < 1.29 is 32.7 Å². The monoisotopic (exact) mass is 590 g/mol. The maximum Gasteiger partial charge on any atom is 0.303 e. The third-order valence-electron chi connectivity index (χ3n) is 7.73. The van der Waals surface area contributed by atoms with Crippen LogP contribution in [0.15, 0.2) is 41.8 Å². The fourth-order valence-corrected chi connectivity index (χ4v) is 6.51. The van der Waals surface area contributed by atoms with Gasteiger partial charge in [0.25, 0.3) is 15.9 Å². The largest absolute Gasteiger partial charge is 0.481 e. The van der Waals surface area contributed by atoms with Crippen LogP contribution in [0, 0.1) is 11.8 Å². The summed E-state index contributed by atoms with van der Waals surface area (Å²) in [5, 5.41) is 17.1. The van der Waals surface area contributed by atoms with Crippen molar-refractivity contribution in [2.24, 2.45) is 11.8 Å². The number of anilines is 1. The number of aliphatic carboxylic acids is 1. The van der Waals surface area contributed by atoms with E-state index in [1.165, 1.54) is 37.1 Å². The molecular formula is C29H42N4O7S. The number of benzene rings is 1. The molecule has 2 aliphatic carbocycles. The van der Waals surface area contributed by atoms with E-state index < -0.39 is 39.3 Å². The quantitative estimate of drug-likeness (QED) is 0.128. The second kappa shape index (κ2) is 15.1. The summed E-state index contributed by atoms with van der Waals surface area (Å²) in [6.07, 6.45) is 10.2. The predicted octanol–water partition coefficient (Wildman–Crippen LogP) is 3.09. The van der Waals surface area contributed by atoms with E-state index in [9.17, 15) is 27.6 Å². The molecule has 2 fully saturated rings. The lowest BCUT2D eigenvalue weighted by atomic mass is 10.1. The first-order valence-electron chi connectivity index (χ1n) is 14.4. The van der Waals surface area contributed by atoms with Gasteiger partial charge in [-0.3, -0.25) is 19.2 Å². The minimum absolute atomic E-state index is 0.0271. The lowest BCUT2D eigenvalue weighted by Crippen LogP contribution is -2.53. The van der Waals surface area contributed by atoms with Crippen LogP contribution >= 0.6 is 0 Å². The lowest BCUT2D eigenvalue weighted by molar-refractivity contribution is -0.137. The minimum Gasteiger partial charge on any atom is -0.481 e. The van der Waals surface area contributed by atoms with E-state index >= 15 is 0 Å². The standard InChI is InChI=1S/C29H42N4O7S/c1-2-22-18-29(22,32-26(35)20-30-19-21-12-8-9-13-21)28(38)33-41(39,40)24-15-11-10-14-23(24)31-25(34)16-6-4-3-5-7-17-27(36)37/h2,10-11,14-15,21-22,30H,1,3-9,12-13,16-20H2,(H,31,34)(H,32,35)(H,33,38)(H,36,37)/t22-,29-/m1/s1. The van der Waals surface area contributed by atoms with Crippen molar-refractivity contribution in [3.63, 3.8) is 0 Å². The van der Waals surface area contributed by atoms with Crippen LogP contribution in [0.3, 0.4) is 0 Å². The highest BCUT2D eigenvalue weighted by atomic mass is 32.2. The normalized spacial score (nSPS) is 20.2. The first-order valence-corrected chi connectivity index (χ1v) is 15.9. The van der Waals surface area contributed by atoms with E-state index in [0.717, 1.165) is 38.6 Å². The van der Waals surface area contributed by atoms with Gasteiger partial charge in [0.1, 0.15) is 10.4 Å². The molecule has 226 valence electrons. The van der Waals surface area contributed by atoms with Crippen LogP contribution in [0.4, 0.5) is 5.69 Å². The molecular weight excluding hydrogens is 548 g/mol. The van der Waals surface area contributed by atoms with Crippen LogP contribution in [0.5, 0.6) is 0 Å². The van der Waals surface area contributed by atoms with E-state index in [1.54, 1.807) is 6.07 Å². The molecule has 0 radical (unpaired) electrons. The van der Waals surface area contributed by atoms with Crippen molar-refractivity contribution in [1.29, 1.82) is 0 Å². The van der Waals surface area contributed by atoms with Crippen LogP contribution in [0.25, 0.3) is 0 Å². The first kappa shape index (κ1) is 32.3. The average molecular weight is 591 g/mol. The van der Waals surface area contributed by atoms with E-state index in [2.05, 4.69) is 27.3 Å². The number of para-hydroxylation sites is 1. The van der Waals surface area contributed by atoms with Gasteiger partial charge in [-0.2, -0.15) is 0 Å². The summed E-state index contributed by atoms with van der Waals surface area (Å²) in [7, 11) is -4.38. The number of sulfonamides is 1. The summed E-state index contributed by atoms with van der Waals surface area (Å²) in [5.74, 6) is -2.30. The molecule has 0 aliphatic heterocycles. The van der Waals surface area contributed by atoms with Crippen molar-refractivity contribution in [3.05, 3.63) is 36.9 Å². The van der Waals surface area contributed by atoms with E-state index in [0.29, 0.717) is 18.8 Å². The molecule has 2 atom stereocenters. The Labute approximate surface area is 242 Å². The number of unbranched alkanes of at least 4 members (excludes halogenated alkanes) is 4. The number of nitrogens with one attached hydrogen (secondary N) is 4. The molecule has 3 rings (SSSR count). The summed E-state index contributed by atoms with van der Waals surface area (Å²) in [6.45, 7) is 4.46. The van der Waals surface area contributed by atoms with Gasteiger partial charge in [-0.15, -0.1) is 6.58 Å². The van der Waals surface area contributed by atoms with Crippen LogP contribution in [-0.2, 0) is 29.2 Å². The lowest BCUT2D eigenvalue weighted by Gasteiger charge is -2.20. The first-order chi connectivity index (χ1) is 19.6. The van der Waals surface area contributed by atoms with Crippen LogP contribution in [-0.4, -0.2) is 55.8 Å². The molecule has 0 bridgehead atoms. The highest BCUT2D eigenvalue weighted by Gasteiger charge is 2.60. The third kappa shape index (κ3) is 9.67. The number of carbonyl (C=O) groups is 4. The summed E-state index contributed by atoms with van der Waals surface area (Å²) >= 11 is 0. The summed E-state index contributed by atoms with van der Waals surface area (Å²) in [6, 6.07) is 5.81. The smallest absolute Gasteiger partial charge is 0.303 e. The molecule has 5 N–H and O–H groups in total. The minimum atomic E-state index is -4.38. The number of carbonyl (C=O) groups excluding carboxylic acids is 3. The molecule has 41 heavy (non-hydrogen) atoms. The van der Waals surface area contributed by atoms with Crippen LogP contribution in [0.1, 0.15) is 77.0 Å². The van der Waals surface area contributed by atoms with Crippen molar-refractivity contribution >= 4 is 39.4 Å². The number of hydrogen-bond acceptors (Lipinski definition) is 7. The molecule has 0 aromatic heterocycles. The summed E-state index contributed by atoms with van der Waals surface area (Å²) < 4.78 is 28.6. The Morgan fingerprint density at radius 1 is 0.976 bits per heavy atom. The SMILES string of the molecule is C=C[C@@H]1C[C@]1(NC(=O)CNCC1CCCC1)C(=O)NS(=O)(=O)c1ccccc1NC(=O)CCCCCCCC(=O)O. The molecule has 1 aromatic carbocycles. The highest BCUT2D eigenvalue weighted by molar-refractivity contribution is 7.90. The van der Waals surface area contributed by atoms with Crippen molar-refractivity contribution in [2.45, 2.75) is 87.5 Å². The van der Waals surface area contributed by atoms with Gasteiger partial charge in [-0.25, -0.2) is 13.1 Å². The van der Waals surface area contributed by atoms with Gasteiger partial charge in [-0.05, 0) is 56.7 Å². The van der Waals surface area contributed by atoms with Crippen LogP contribution in [0.2, 0.25) is 0 Å². The van der Waals surface area contributed by atoms with Gasteiger partial charge in [0, 0.05) is 18.8 Å². The second-order valence-corrected chi connectivity index (χ2v) is 12.6. The zero-order chi connectivity index (χ0) is 29.9. The molecule has 1 aromatic rings. The van der Waals surface area contributed by atoms with Crippen molar-refractivity contribution in [1.82, 2.24) is 15.4 Å². The Bertz CT molecular complexity index is 1210. The Morgan fingerprint density at radius 3 is 2.29 bits per heavy atom. The molecule has 2 aliphatic rings. The zero-order valence-electron chi connectivity index (χ0n) is 23.5. The van der Waals surface area contributed by atoms with Gasteiger partial charge >= 0.3 is 5.97 Å². The fraction of sp³-hybridized carbons (Fsp3) is 0.586. The molecule has 2 saturated carbocycles. The maximum atomic E-state index is 13.3. The van der Waals surface area contributed by atoms with Gasteiger partial charge in [0.15, 0.2) is 0 Å².